The molecule has 6 nitrogen and oxygen atoms in total. The van der Waals surface area contributed by atoms with Crippen molar-refractivity contribution in [3.8, 4) is 0 Å². The van der Waals surface area contributed by atoms with Crippen molar-refractivity contribution in [1.82, 2.24) is 10.3 Å². The van der Waals surface area contributed by atoms with Crippen LogP contribution in [0.1, 0.15) is 20.3 Å². The Morgan fingerprint density at radius 2 is 2.25 bits per heavy atom. The van der Waals surface area contributed by atoms with E-state index in [2.05, 4.69) is 15.6 Å². The number of carboxylic acid groups (broad SMARTS) is 1. The molecule has 0 atom stereocenters. The number of aromatic nitrogens is 1. The lowest BCUT2D eigenvalue weighted by molar-refractivity contribution is -0.138. The monoisotopic (exact) mass is 243 g/mol. The molecule has 1 aromatic rings. The second kappa shape index (κ2) is 4.93. The standard InChI is InChI=1S/C9H13N3O3S/c1-9(2,5-6(13)14)12-7(15)11-8-10-3-4-16-8/h3-4H,5H2,1-2H3,(H,13,14)(H2,10,11,12,15). The second-order valence-corrected chi connectivity index (χ2v) is 4.77. The van der Waals surface area contributed by atoms with Gasteiger partial charge in [0, 0.05) is 17.1 Å². The quantitative estimate of drug-likeness (QED) is 0.747. The zero-order valence-electron chi connectivity index (χ0n) is 8.98. The van der Waals surface area contributed by atoms with Gasteiger partial charge in [-0.05, 0) is 13.8 Å². The van der Waals surface area contributed by atoms with Crippen molar-refractivity contribution in [1.29, 1.82) is 0 Å². The Labute approximate surface area is 96.7 Å². The highest BCUT2D eigenvalue weighted by Gasteiger charge is 2.23. The number of rotatable bonds is 4. The Bertz CT molecular complexity index is 375. The van der Waals surface area contributed by atoms with E-state index in [0.29, 0.717) is 5.13 Å². The summed E-state index contributed by atoms with van der Waals surface area (Å²) >= 11 is 1.29. The van der Waals surface area contributed by atoms with E-state index in [9.17, 15) is 9.59 Å². The van der Waals surface area contributed by atoms with Gasteiger partial charge in [-0.15, -0.1) is 11.3 Å². The summed E-state index contributed by atoms with van der Waals surface area (Å²) < 4.78 is 0. The number of carbonyl (C=O) groups excluding carboxylic acids is 1. The van der Waals surface area contributed by atoms with Crippen LogP contribution in [0.5, 0.6) is 0 Å². The summed E-state index contributed by atoms with van der Waals surface area (Å²) in [6.07, 6.45) is 1.43. The van der Waals surface area contributed by atoms with Crippen LogP contribution in [0.4, 0.5) is 9.93 Å². The summed E-state index contributed by atoms with van der Waals surface area (Å²) in [5.41, 5.74) is -0.798. The minimum absolute atomic E-state index is 0.141. The second-order valence-electron chi connectivity index (χ2n) is 3.87. The molecule has 1 heterocycles. The smallest absolute Gasteiger partial charge is 0.321 e. The fraction of sp³-hybridized carbons (Fsp3) is 0.444. The third-order valence-corrected chi connectivity index (χ3v) is 2.39. The first-order valence-corrected chi connectivity index (χ1v) is 5.47. The Balaban J connectivity index is 2.47. The SMILES string of the molecule is CC(C)(CC(=O)O)NC(=O)Nc1nccs1. The fourth-order valence-corrected chi connectivity index (χ4v) is 1.67. The fourth-order valence-electron chi connectivity index (χ4n) is 1.14. The number of nitrogens with zero attached hydrogens (tertiary/aromatic N) is 1. The van der Waals surface area contributed by atoms with Gasteiger partial charge < -0.3 is 10.4 Å². The Morgan fingerprint density at radius 1 is 1.56 bits per heavy atom. The normalized spacial score (nSPS) is 10.9. The number of carboxylic acids is 1. The van der Waals surface area contributed by atoms with Crippen molar-refractivity contribution in [2.24, 2.45) is 0 Å². The number of amides is 2. The molecule has 0 saturated heterocycles. The van der Waals surface area contributed by atoms with E-state index >= 15 is 0 Å². The van der Waals surface area contributed by atoms with Crippen LogP contribution in [0.3, 0.4) is 0 Å². The van der Waals surface area contributed by atoms with Gasteiger partial charge in [0.1, 0.15) is 0 Å². The molecule has 3 N–H and O–H groups in total. The molecule has 16 heavy (non-hydrogen) atoms. The van der Waals surface area contributed by atoms with Gasteiger partial charge in [-0.1, -0.05) is 0 Å². The van der Waals surface area contributed by atoms with Crippen molar-refractivity contribution in [3.05, 3.63) is 11.6 Å². The summed E-state index contributed by atoms with van der Waals surface area (Å²) in [4.78, 5) is 25.9. The van der Waals surface area contributed by atoms with Crippen LogP contribution in [0.25, 0.3) is 0 Å². The average molecular weight is 243 g/mol. The molecule has 0 aliphatic carbocycles. The number of hydrogen-bond donors (Lipinski definition) is 3. The average Bonchev–Trinajstić information content (AvgIpc) is 2.51. The molecule has 0 radical (unpaired) electrons. The van der Waals surface area contributed by atoms with E-state index in [1.165, 1.54) is 11.3 Å². The molecule has 0 unspecified atom stereocenters. The first-order chi connectivity index (χ1) is 7.39. The van der Waals surface area contributed by atoms with Crippen LogP contribution in [0, 0.1) is 0 Å². The van der Waals surface area contributed by atoms with Crippen molar-refractivity contribution in [2.75, 3.05) is 5.32 Å². The van der Waals surface area contributed by atoms with Gasteiger partial charge in [-0.2, -0.15) is 0 Å². The summed E-state index contributed by atoms with van der Waals surface area (Å²) in [7, 11) is 0. The zero-order chi connectivity index (χ0) is 12.2. The van der Waals surface area contributed by atoms with Crippen LogP contribution in [-0.2, 0) is 4.79 Å². The largest absolute Gasteiger partial charge is 0.481 e. The molecule has 1 aromatic heterocycles. The number of nitrogens with one attached hydrogen (secondary N) is 2. The van der Waals surface area contributed by atoms with Crippen LogP contribution in [0.2, 0.25) is 0 Å². The van der Waals surface area contributed by atoms with Crippen molar-refractivity contribution >= 4 is 28.5 Å². The van der Waals surface area contributed by atoms with Gasteiger partial charge in [0.05, 0.1) is 6.42 Å². The highest BCUT2D eigenvalue weighted by atomic mass is 32.1. The molecule has 2 amide bonds. The Morgan fingerprint density at radius 3 is 2.75 bits per heavy atom. The maximum absolute atomic E-state index is 11.5. The van der Waals surface area contributed by atoms with E-state index < -0.39 is 17.5 Å². The maximum atomic E-state index is 11.5. The first-order valence-electron chi connectivity index (χ1n) is 4.59. The molecular weight excluding hydrogens is 230 g/mol. The van der Waals surface area contributed by atoms with Gasteiger partial charge in [0.2, 0.25) is 0 Å². The highest BCUT2D eigenvalue weighted by molar-refractivity contribution is 7.13. The molecule has 0 spiro atoms. The topological polar surface area (TPSA) is 91.3 Å². The molecule has 0 bridgehead atoms. The lowest BCUT2D eigenvalue weighted by atomic mass is 10.0. The number of carbonyl (C=O) groups is 2. The van der Waals surface area contributed by atoms with Gasteiger partial charge in [0.15, 0.2) is 5.13 Å². The molecule has 0 fully saturated rings. The van der Waals surface area contributed by atoms with Crippen LogP contribution in [-0.4, -0.2) is 27.6 Å². The van der Waals surface area contributed by atoms with Crippen LogP contribution >= 0.6 is 11.3 Å². The molecule has 0 aliphatic rings. The zero-order valence-corrected chi connectivity index (χ0v) is 9.80. The Kier molecular flexibility index (Phi) is 3.83. The molecular formula is C9H13N3O3S. The third kappa shape index (κ3) is 4.26. The molecule has 0 aliphatic heterocycles. The summed E-state index contributed by atoms with van der Waals surface area (Å²) in [6.45, 7) is 3.28. The van der Waals surface area contributed by atoms with Crippen LogP contribution in [0.15, 0.2) is 11.6 Å². The number of hydrogen-bond acceptors (Lipinski definition) is 4. The maximum Gasteiger partial charge on any atom is 0.321 e. The lowest BCUT2D eigenvalue weighted by Gasteiger charge is -2.23. The molecule has 1 rings (SSSR count). The summed E-state index contributed by atoms with van der Waals surface area (Å²) in [5.74, 6) is -0.959. The molecule has 7 heteroatoms. The predicted molar refractivity (Wildman–Crippen MR) is 60.6 cm³/mol. The van der Waals surface area contributed by atoms with Gasteiger partial charge >= 0.3 is 12.0 Å². The van der Waals surface area contributed by atoms with Crippen molar-refractivity contribution < 1.29 is 14.7 Å². The number of aliphatic carboxylic acids is 1. The number of thiazole rings is 1. The van der Waals surface area contributed by atoms with E-state index in [4.69, 9.17) is 5.11 Å². The summed E-state index contributed by atoms with van der Waals surface area (Å²) in [5, 5.41) is 15.9. The minimum Gasteiger partial charge on any atom is -0.481 e. The highest BCUT2D eigenvalue weighted by Crippen LogP contribution is 2.12. The van der Waals surface area contributed by atoms with Gasteiger partial charge in [0.25, 0.3) is 0 Å². The van der Waals surface area contributed by atoms with Crippen molar-refractivity contribution in [2.45, 2.75) is 25.8 Å². The van der Waals surface area contributed by atoms with Gasteiger partial charge in [-0.3, -0.25) is 10.1 Å². The van der Waals surface area contributed by atoms with Crippen molar-refractivity contribution in [3.63, 3.8) is 0 Å². The van der Waals surface area contributed by atoms with E-state index in [-0.39, 0.29) is 6.42 Å². The lowest BCUT2D eigenvalue weighted by Crippen LogP contribution is -2.46. The minimum atomic E-state index is -0.959. The third-order valence-electron chi connectivity index (χ3n) is 1.70. The van der Waals surface area contributed by atoms with E-state index in [1.807, 2.05) is 0 Å². The molecule has 88 valence electrons. The van der Waals surface area contributed by atoms with Gasteiger partial charge in [-0.25, -0.2) is 9.78 Å². The van der Waals surface area contributed by atoms with E-state index in [1.54, 1.807) is 25.4 Å². The molecule has 0 aromatic carbocycles. The van der Waals surface area contributed by atoms with Crippen LogP contribution < -0.4 is 10.6 Å². The predicted octanol–water partition coefficient (Wildman–Crippen LogP) is 1.52. The molecule has 0 saturated carbocycles. The number of urea groups is 1. The number of anilines is 1. The summed E-state index contributed by atoms with van der Waals surface area (Å²) in [6, 6.07) is -0.457. The van der Waals surface area contributed by atoms with E-state index in [0.717, 1.165) is 0 Å². The Hall–Kier alpha value is -1.63. The first kappa shape index (κ1) is 12.4.